The molecule has 1 rings (SSSR count). The van der Waals surface area contributed by atoms with Crippen molar-refractivity contribution in [3.63, 3.8) is 0 Å². The van der Waals surface area contributed by atoms with Crippen molar-refractivity contribution in [1.82, 2.24) is 0 Å². The van der Waals surface area contributed by atoms with Crippen LogP contribution in [-0.2, 0) is 16.0 Å². The van der Waals surface area contributed by atoms with Gasteiger partial charge in [0.25, 0.3) is 0 Å². The molecule has 0 fully saturated rings. The fraction of sp³-hybridized carbons (Fsp3) is 0.533. The Morgan fingerprint density at radius 3 is 2.62 bits per heavy atom. The van der Waals surface area contributed by atoms with E-state index in [0.29, 0.717) is 24.7 Å². The maximum atomic E-state index is 11.6. The lowest BCUT2D eigenvalue weighted by atomic mass is 10.1. The maximum Gasteiger partial charge on any atom is 0.344 e. The zero-order chi connectivity index (χ0) is 15.8. The molecule has 0 bridgehead atoms. The van der Waals surface area contributed by atoms with E-state index in [2.05, 4.69) is 15.9 Å². The van der Waals surface area contributed by atoms with Gasteiger partial charge in [0.2, 0.25) is 0 Å². The number of hydrogen-bond acceptors (Lipinski definition) is 5. The third-order valence-corrected chi connectivity index (χ3v) is 3.09. The van der Waals surface area contributed by atoms with Crippen LogP contribution in [0.3, 0.4) is 0 Å². The normalized spacial score (nSPS) is 10.6. The number of benzene rings is 1. The molecule has 0 aliphatic carbocycles. The Bertz CT molecular complexity index is 477. The fourth-order valence-corrected chi connectivity index (χ4v) is 2.37. The first-order valence-corrected chi connectivity index (χ1v) is 7.74. The number of rotatable bonds is 8. The molecule has 0 saturated heterocycles. The summed E-state index contributed by atoms with van der Waals surface area (Å²) in [5, 5.41) is 0. The minimum atomic E-state index is -0.412. The molecule has 1 aromatic carbocycles. The molecule has 5 nitrogen and oxygen atoms in total. The molecule has 0 saturated carbocycles. The Balaban J connectivity index is 2.86. The minimum absolute atomic E-state index is 0.160. The standard InChI is InChI=1S/C15H22BrNO4/c1-4-19-13-8-11(5-6-17)7-12(16)15(13)20-9-14(18)21-10(2)3/h7-8,10H,4-6,9,17H2,1-3H3. The summed E-state index contributed by atoms with van der Waals surface area (Å²) in [5.41, 5.74) is 6.62. The molecular weight excluding hydrogens is 338 g/mol. The van der Waals surface area contributed by atoms with Crippen LogP contribution in [0.25, 0.3) is 0 Å². The SMILES string of the molecule is CCOc1cc(CCN)cc(Br)c1OCC(=O)OC(C)C. The third kappa shape index (κ3) is 5.93. The van der Waals surface area contributed by atoms with Crippen LogP contribution in [-0.4, -0.2) is 31.8 Å². The van der Waals surface area contributed by atoms with Gasteiger partial charge in [-0.2, -0.15) is 0 Å². The van der Waals surface area contributed by atoms with Crippen molar-refractivity contribution in [2.75, 3.05) is 19.8 Å². The van der Waals surface area contributed by atoms with Crippen LogP contribution in [0.1, 0.15) is 26.3 Å². The molecule has 1 aromatic rings. The Morgan fingerprint density at radius 2 is 2.05 bits per heavy atom. The van der Waals surface area contributed by atoms with E-state index in [4.69, 9.17) is 19.9 Å². The van der Waals surface area contributed by atoms with Gasteiger partial charge < -0.3 is 19.9 Å². The Morgan fingerprint density at radius 1 is 1.33 bits per heavy atom. The number of nitrogens with two attached hydrogens (primary N) is 1. The monoisotopic (exact) mass is 359 g/mol. The van der Waals surface area contributed by atoms with Gasteiger partial charge in [-0.25, -0.2) is 4.79 Å². The lowest BCUT2D eigenvalue weighted by molar-refractivity contribution is -0.149. The van der Waals surface area contributed by atoms with Gasteiger partial charge in [-0.1, -0.05) is 0 Å². The second-order valence-electron chi connectivity index (χ2n) is 4.70. The van der Waals surface area contributed by atoms with Crippen molar-refractivity contribution in [3.8, 4) is 11.5 Å². The van der Waals surface area contributed by atoms with E-state index in [9.17, 15) is 4.79 Å². The van der Waals surface area contributed by atoms with Gasteiger partial charge in [-0.15, -0.1) is 0 Å². The Labute approximate surface area is 133 Å². The predicted molar refractivity (Wildman–Crippen MR) is 84.8 cm³/mol. The highest BCUT2D eigenvalue weighted by atomic mass is 79.9. The second-order valence-corrected chi connectivity index (χ2v) is 5.56. The summed E-state index contributed by atoms with van der Waals surface area (Å²) in [6, 6.07) is 3.79. The van der Waals surface area contributed by atoms with Gasteiger partial charge in [0.15, 0.2) is 18.1 Å². The highest BCUT2D eigenvalue weighted by Gasteiger charge is 2.15. The van der Waals surface area contributed by atoms with Gasteiger partial charge in [0.05, 0.1) is 17.2 Å². The smallest absolute Gasteiger partial charge is 0.344 e. The van der Waals surface area contributed by atoms with Crippen molar-refractivity contribution >= 4 is 21.9 Å². The number of carbonyl (C=O) groups excluding carboxylic acids is 1. The van der Waals surface area contributed by atoms with E-state index < -0.39 is 5.97 Å². The number of esters is 1. The van der Waals surface area contributed by atoms with Gasteiger partial charge in [0.1, 0.15) is 0 Å². The van der Waals surface area contributed by atoms with Crippen LogP contribution in [0.15, 0.2) is 16.6 Å². The van der Waals surface area contributed by atoms with Crippen molar-refractivity contribution in [2.45, 2.75) is 33.3 Å². The Kier molecular flexibility index (Phi) is 7.53. The highest BCUT2D eigenvalue weighted by molar-refractivity contribution is 9.10. The van der Waals surface area contributed by atoms with Crippen molar-refractivity contribution in [1.29, 1.82) is 0 Å². The molecule has 118 valence electrons. The maximum absolute atomic E-state index is 11.6. The van der Waals surface area contributed by atoms with Gasteiger partial charge in [0, 0.05) is 0 Å². The summed E-state index contributed by atoms with van der Waals surface area (Å²) in [6.07, 6.45) is 0.580. The molecule has 0 atom stereocenters. The van der Waals surface area contributed by atoms with Gasteiger partial charge in [-0.05, 0) is 67.4 Å². The molecule has 2 N–H and O–H groups in total. The summed E-state index contributed by atoms with van der Waals surface area (Å²) in [4.78, 5) is 11.6. The summed E-state index contributed by atoms with van der Waals surface area (Å²) < 4.78 is 16.9. The molecule has 21 heavy (non-hydrogen) atoms. The molecule has 0 aromatic heterocycles. The molecule has 0 amide bonds. The van der Waals surface area contributed by atoms with E-state index in [1.165, 1.54) is 0 Å². The number of hydrogen-bond donors (Lipinski definition) is 1. The van der Waals surface area contributed by atoms with Crippen molar-refractivity contribution in [2.24, 2.45) is 5.73 Å². The number of halogens is 1. The van der Waals surface area contributed by atoms with E-state index in [-0.39, 0.29) is 12.7 Å². The van der Waals surface area contributed by atoms with E-state index in [1.54, 1.807) is 13.8 Å². The molecule has 0 aliphatic rings. The van der Waals surface area contributed by atoms with E-state index in [0.717, 1.165) is 16.5 Å². The van der Waals surface area contributed by atoms with Crippen LogP contribution in [0.5, 0.6) is 11.5 Å². The largest absolute Gasteiger partial charge is 0.490 e. The van der Waals surface area contributed by atoms with Crippen LogP contribution in [0, 0.1) is 0 Å². The van der Waals surface area contributed by atoms with E-state index >= 15 is 0 Å². The van der Waals surface area contributed by atoms with Crippen LogP contribution in [0.4, 0.5) is 0 Å². The van der Waals surface area contributed by atoms with Crippen LogP contribution in [0.2, 0.25) is 0 Å². The fourth-order valence-electron chi connectivity index (χ4n) is 1.76. The average Bonchev–Trinajstić information content (AvgIpc) is 2.37. The Hall–Kier alpha value is -1.27. The first kappa shape index (κ1) is 17.8. The molecular formula is C15H22BrNO4. The summed E-state index contributed by atoms with van der Waals surface area (Å²) in [6.45, 7) is 6.37. The average molecular weight is 360 g/mol. The lowest BCUT2D eigenvalue weighted by Gasteiger charge is -2.15. The quantitative estimate of drug-likeness (QED) is 0.722. The first-order chi connectivity index (χ1) is 9.97. The molecule has 0 aliphatic heterocycles. The minimum Gasteiger partial charge on any atom is -0.490 e. The second kappa shape index (κ2) is 8.89. The van der Waals surface area contributed by atoms with Gasteiger partial charge in [-0.3, -0.25) is 0 Å². The van der Waals surface area contributed by atoms with Crippen LogP contribution >= 0.6 is 15.9 Å². The van der Waals surface area contributed by atoms with Crippen LogP contribution < -0.4 is 15.2 Å². The summed E-state index contributed by atoms with van der Waals surface area (Å²) in [7, 11) is 0. The van der Waals surface area contributed by atoms with Crippen molar-refractivity contribution in [3.05, 3.63) is 22.2 Å². The highest BCUT2D eigenvalue weighted by Crippen LogP contribution is 2.37. The molecule has 0 radical (unpaired) electrons. The summed E-state index contributed by atoms with van der Waals surface area (Å²) >= 11 is 3.44. The third-order valence-electron chi connectivity index (χ3n) is 2.50. The van der Waals surface area contributed by atoms with Gasteiger partial charge >= 0.3 is 5.97 Å². The van der Waals surface area contributed by atoms with E-state index in [1.807, 2.05) is 19.1 Å². The zero-order valence-electron chi connectivity index (χ0n) is 12.6. The molecule has 0 spiro atoms. The number of carbonyl (C=O) groups is 1. The topological polar surface area (TPSA) is 70.8 Å². The molecule has 0 heterocycles. The number of ether oxygens (including phenoxy) is 3. The van der Waals surface area contributed by atoms with Crippen molar-refractivity contribution < 1.29 is 19.0 Å². The summed E-state index contributed by atoms with van der Waals surface area (Å²) in [5.74, 6) is 0.677. The molecule has 0 unspecified atom stereocenters. The lowest BCUT2D eigenvalue weighted by Crippen LogP contribution is -2.19. The zero-order valence-corrected chi connectivity index (χ0v) is 14.2. The first-order valence-electron chi connectivity index (χ1n) is 6.95. The molecule has 6 heteroatoms. The predicted octanol–water partition coefficient (Wildman–Crippen LogP) is 2.68.